The van der Waals surface area contributed by atoms with Gasteiger partial charge in [0.05, 0.1) is 0 Å². The van der Waals surface area contributed by atoms with Crippen LogP contribution in [0.3, 0.4) is 0 Å². The molecular formula is C21H18F2S. The third-order valence-corrected chi connectivity index (χ3v) is 5.06. The molecule has 0 nitrogen and oxygen atoms in total. The van der Waals surface area contributed by atoms with E-state index in [-0.39, 0.29) is 0 Å². The van der Waals surface area contributed by atoms with E-state index < -0.39 is 11.6 Å². The molecule has 0 spiro atoms. The van der Waals surface area contributed by atoms with Gasteiger partial charge in [-0.1, -0.05) is 43.3 Å². The number of aryl methyl sites for hydroxylation is 1. The van der Waals surface area contributed by atoms with Crippen molar-refractivity contribution < 1.29 is 8.78 Å². The van der Waals surface area contributed by atoms with Gasteiger partial charge in [-0.2, -0.15) is 0 Å². The lowest BCUT2D eigenvalue weighted by Crippen LogP contribution is -1.93. The smallest absolute Gasteiger partial charge is 0.168 e. The maximum absolute atomic E-state index is 14.6. The fraction of sp³-hybridized carbons (Fsp3) is 0.143. The largest absolute Gasteiger partial charge is 0.203 e. The standard InChI is InChI=1S/C21H18F2S/c1-3-5-16-10-13-19(24-16)18-12-11-17(20(22)21(18)23)15-8-6-14(4-2)7-9-15/h3,5-13H,4H2,1-2H3/b5-3+. The fourth-order valence-corrected chi connectivity index (χ4v) is 3.63. The summed E-state index contributed by atoms with van der Waals surface area (Å²) >= 11 is 1.45. The Hall–Kier alpha value is -2.26. The predicted molar refractivity (Wildman–Crippen MR) is 99.2 cm³/mol. The number of benzene rings is 2. The Morgan fingerprint density at radius 3 is 2.21 bits per heavy atom. The van der Waals surface area contributed by atoms with Gasteiger partial charge in [0.1, 0.15) is 0 Å². The molecule has 0 saturated carbocycles. The Balaban J connectivity index is 2.01. The number of rotatable bonds is 4. The summed E-state index contributed by atoms with van der Waals surface area (Å²) in [5, 5.41) is 0. The lowest BCUT2D eigenvalue weighted by Gasteiger charge is -2.08. The van der Waals surface area contributed by atoms with Gasteiger partial charge in [-0.3, -0.25) is 0 Å². The third-order valence-electron chi connectivity index (χ3n) is 3.98. The van der Waals surface area contributed by atoms with Crippen molar-refractivity contribution in [2.24, 2.45) is 0 Å². The summed E-state index contributed by atoms with van der Waals surface area (Å²) in [7, 11) is 0. The molecule has 1 heterocycles. The molecule has 0 unspecified atom stereocenters. The number of hydrogen-bond donors (Lipinski definition) is 0. The van der Waals surface area contributed by atoms with Gasteiger partial charge in [-0.15, -0.1) is 11.3 Å². The fourth-order valence-electron chi connectivity index (χ4n) is 2.63. The van der Waals surface area contributed by atoms with E-state index in [1.807, 2.05) is 55.5 Å². The summed E-state index contributed by atoms with van der Waals surface area (Å²) in [5.74, 6) is -1.58. The van der Waals surface area contributed by atoms with E-state index in [9.17, 15) is 8.78 Å². The first-order valence-electron chi connectivity index (χ1n) is 7.94. The van der Waals surface area contributed by atoms with Gasteiger partial charge in [0.2, 0.25) is 0 Å². The number of allylic oxidation sites excluding steroid dienone is 1. The van der Waals surface area contributed by atoms with Gasteiger partial charge in [-0.25, -0.2) is 8.78 Å². The molecule has 3 rings (SSSR count). The van der Waals surface area contributed by atoms with E-state index >= 15 is 0 Å². The molecule has 0 saturated heterocycles. The molecule has 0 bridgehead atoms. The zero-order chi connectivity index (χ0) is 17.1. The van der Waals surface area contributed by atoms with Gasteiger partial charge in [0.15, 0.2) is 11.6 Å². The highest BCUT2D eigenvalue weighted by molar-refractivity contribution is 7.16. The minimum atomic E-state index is -0.794. The van der Waals surface area contributed by atoms with Crippen molar-refractivity contribution in [3.63, 3.8) is 0 Å². The van der Waals surface area contributed by atoms with Crippen molar-refractivity contribution >= 4 is 17.4 Å². The number of hydrogen-bond acceptors (Lipinski definition) is 1. The Labute approximate surface area is 145 Å². The van der Waals surface area contributed by atoms with Crippen molar-refractivity contribution in [3.05, 3.63) is 76.7 Å². The average molecular weight is 340 g/mol. The Kier molecular flexibility index (Phi) is 4.91. The molecule has 0 atom stereocenters. The molecule has 0 N–H and O–H groups in total. The summed E-state index contributed by atoms with van der Waals surface area (Å²) in [4.78, 5) is 1.75. The highest BCUT2D eigenvalue weighted by Crippen LogP contribution is 2.35. The molecule has 122 valence electrons. The molecule has 0 amide bonds. The highest BCUT2D eigenvalue weighted by atomic mass is 32.1. The maximum atomic E-state index is 14.6. The molecule has 3 heteroatoms. The van der Waals surface area contributed by atoms with E-state index in [1.165, 1.54) is 16.9 Å². The van der Waals surface area contributed by atoms with E-state index in [2.05, 4.69) is 6.92 Å². The molecule has 0 fully saturated rings. The quantitative estimate of drug-likeness (QED) is 0.482. The first-order chi connectivity index (χ1) is 11.6. The van der Waals surface area contributed by atoms with Crippen LogP contribution in [0.4, 0.5) is 8.78 Å². The molecule has 3 aromatic rings. The maximum Gasteiger partial charge on any atom is 0.168 e. The second-order valence-electron chi connectivity index (χ2n) is 5.54. The second-order valence-corrected chi connectivity index (χ2v) is 6.66. The zero-order valence-corrected chi connectivity index (χ0v) is 14.5. The van der Waals surface area contributed by atoms with E-state index in [0.29, 0.717) is 16.7 Å². The van der Waals surface area contributed by atoms with Crippen LogP contribution in [0, 0.1) is 11.6 Å². The second kappa shape index (κ2) is 7.10. The zero-order valence-electron chi connectivity index (χ0n) is 13.6. The van der Waals surface area contributed by atoms with Crippen molar-refractivity contribution in [2.45, 2.75) is 20.3 Å². The molecule has 24 heavy (non-hydrogen) atoms. The van der Waals surface area contributed by atoms with E-state index in [4.69, 9.17) is 0 Å². The predicted octanol–water partition coefficient (Wildman–Crippen LogP) is 6.96. The van der Waals surface area contributed by atoms with Gasteiger partial charge >= 0.3 is 0 Å². The topological polar surface area (TPSA) is 0 Å². The summed E-state index contributed by atoms with van der Waals surface area (Å²) < 4.78 is 29.2. The molecule has 0 aliphatic carbocycles. The normalized spacial score (nSPS) is 11.3. The Bertz CT molecular complexity index is 873. The first kappa shape index (κ1) is 16.6. The minimum Gasteiger partial charge on any atom is -0.203 e. The van der Waals surface area contributed by atoms with Crippen LogP contribution in [0.5, 0.6) is 0 Å². The monoisotopic (exact) mass is 340 g/mol. The van der Waals surface area contributed by atoms with E-state index in [0.717, 1.165) is 16.2 Å². The van der Waals surface area contributed by atoms with Crippen LogP contribution in [0.25, 0.3) is 27.6 Å². The summed E-state index contributed by atoms with van der Waals surface area (Å²) in [5.41, 5.74) is 2.47. The molecular weight excluding hydrogens is 322 g/mol. The van der Waals surface area contributed by atoms with Crippen molar-refractivity contribution in [1.29, 1.82) is 0 Å². The van der Waals surface area contributed by atoms with Crippen LogP contribution in [0.1, 0.15) is 24.3 Å². The van der Waals surface area contributed by atoms with Gasteiger partial charge in [0, 0.05) is 20.9 Å². The van der Waals surface area contributed by atoms with Crippen LogP contribution >= 0.6 is 11.3 Å². The molecule has 2 aromatic carbocycles. The summed E-state index contributed by atoms with van der Waals surface area (Å²) in [6, 6.07) is 14.6. The third kappa shape index (κ3) is 3.17. The first-order valence-corrected chi connectivity index (χ1v) is 8.76. The van der Waals surface area contributed by atoms with E-state index in [1.54, 1.807) is 12.1 Å². The lowest BCUT2D eigenvalue weighted by atomic mass is 10.0. The summed E-state index contributed by atoms with van der Waals surface area (Å²) in [6.45, 7) is 3.99. The molecule has 0 radical (unpaired) electrons. The van der Waals surface area contributed by atoms with Crippen LogP contribution < -0.4 is 0 Å². The van der Waals surface area contributed by atoms with Gasteiger partial charge in [0.25, 0.3) is 0 Å². The average Bonchev–Trinajstić information content (AvgIpc) is 3.06. The van der Waals surface area contributed by atoms with Gasteiger partial charge in [-0.05, 0) is 48.7 Å². The molecule has 1 aromatic heterocycles. The van der Waals surface area contributed by atoms with Crippen molar-refractivity contribution in [3.8, 4) is 21.6 Å². The molecule has 0 aliphatic rings. The van der Waals surface area contributed by atoms with Crippen molar-refractivity contribution in [2.75, 3.05) is 0 Å². The Morgan fingerprint density at radius 1 is 0.875 bits per heavy atom. The molecule has 0 aliphatic heterocycles. The summed E-state index contributed by atoms with van der Waals surface area (Å²) in [6.07, 6.45) is 4.80. The van der Waals surface area contributed by atoms with Crippen LogP contribution in [0.15, 0.2) is 54.6 Å². The van der Waals surface area contributed by atoms with Crippen molar-refractivity contribution in [1.82, 2.24) is 0 Å². The minimum absolute atomic E-state index is 0.295. The van der Waals surface area contributed by atoms with Crippen LogP contribution in [-0.2, 0) is 6.42 Å². The van der Waals surface area contributed by atoms with Crippen LogP contribution in [-0.4, -0.2) is 0 Å². The SMILES string of the molecule is C/C=C/c1ccc(-c2ccc(-c3ccc(CC)cc3)c(F)c2F)s1. The lowest BCUT2D eigenvalue weighted by molar-refractivity contribution is 0.514. The number of thiophene rings is 1. The number of halogens is 2. The van der Waals surface area contributed by atoms with Gasteiger partial charge < -0.3 is 0 Å². The highest BCUT2D eigenvalue weighted by Gasteiger charge is 2.16. The van der Waals surface area contributed by atoms with Crippen LogP contribution in [0.2, 0.25) is 0 Å². The Morgan fingerprint density at radius 2 is 1.54 bits per heavy atom.